The van der Waals surface area contributed by atoms with E-state index in [4.69, 9.17) is 0 Å². The zero-order valence-corrected chi connectivity index (χ0v) is 23.3. The maximum absolute atomic E-state index is 13.6. The lowest BCUT2D eigenvalue weighted by Crippen LogP contribution is -2.53. The van der Waals surface area contributed by atoms with Gasteiger partial charge in [0.15, 0.2) is 0 Å². The summed E-state index contributed by atoms with van der Waals surface area (Å²) in [5, 5.41) is 3.12. The molecule has 1 aliphatic carbocycles. The van der Waals surface area contributed by atoms with Crippen molar-refractivity contribution in [2.45, 2.75) is 77.3 Å². The summed E-state index contributed by atoms with van der Waals surface area (Å²) >= 11 is 0. The Morgan fingerprint density at radius 1 is 0.946 bits per heavy atom. The molecule has 1 saturated carbocycles. The van der Waals surface area contributed by atoms with E-state index in [-0.39, 0.29) is 18.5 Å². The van der Waals surface area contributed by atoms with Gasteiger partial charge >= 0.3 is 0 Å². The van der Waals surface area contributed by atoms with E-state index in [1.807, 2.05) is 42.5 Å². The second kappa shape index (κ2) is 13.1. The van der Waals surface area contributed by atoms with Gasteiger partial charge in [0.1, 0.15) is 12.6 Å². The van der Waals surface area contributed by atoms with E-state index in [0.717, 1.165) is 47.4 Å². The van der Waals surface area contributed by atoms with Gasteiger partial charge in [-0.1, -0.05) is 75.6 Å². The number of amides is 2. The van der Waals surface area contributed by atoms with Gasteiger partial charge < -0.3 is 10.2 Å². The molecule has 0 radical (unpaired) electrons. The van der Waals surface area contributed by atoms with Crippen molar-refractivity contribution < 1.29 is 18.0 Å². The van der Waals surface area contributed by atoms with Crippen molar-refractivity contribution >= 4 is 27.5 Å². The molecular weight excluding hydrogens is 486 g/mol. The van der Waals surface area contributed by atoms with Crippen molar-refractivity contribution in [1.29, 1.82) is 0 Å². The van der Waals surface area contributed by atoms with Gasteiger partial charge in [-0.25, -0.2) is 8.42 Å². The fraction of sp³-hybridized carbons (Fsp3) is 0.517. The molecule has 1 fully saturated rings. The zero-order valence-electron chi connectivity index (χ0n) is 22.5. The summed E-state index contributed by atoms with van der Waals surface area (Å²) in [6, 6.07) is 16.4. The quantitative estimate of drug-likeness (QED) is 0.467. The molecule has 202 valence electrons. The molecule has 0 bridgehead atoms. The van der Waals surface area contributed by atoms with E-state index < -0.39 is 22.0 Å². The number of nitrogens with zero attached hydrogens (tertiary/aromatic N) is 2. The number of sulfonamides is 1. The van der Waals surface area contributed by atoms with E-state index in [9.17, 15) is 18.0 Å². The molecule has 0 spiro atoms. The number of hydrogen-bond donors (Lipinski definition) is 1. The number of nitrogens with one attached hydrogen (secondary N) is 1. The summed E-state index contributed by atoms with van der Waals surface area (Å²) in [6.07, 6.45) is 6.93. The average molecular weight is 528 g/mol. The molecule has 0 aromatic heterocycles. The van der Waals surface area contributed by atoms with Crippen molar-refractivity contribution in [3.63, 3.8) is 0 Å². The van der Waals surface area contributed by atoms with Crippen LogP contribution in [0.1, 0.15) is 69.9 Å². The first-order valence-electron chi connectivity index (χ1n) is 13.3. The standard InChI is InChI=1S/C29H41N3O4S/c1-22(2)25-15-17-27(18-16-25)32(37(4,35)36)21-28(33)31(20-19-24-11-7-5-8-12-24)23(3)29(34)30-26-13-9-6-10-14-26/h5,7-8,11-12,15-18,22-23,26H,6,9-10,13-14,19-21H2,1-4H3,(H,30,34)/t23-/m0/s1. The minimum atomic E-state index is -3.73. The van der Waals surface area contributed by atoms with Crippen LogP contribution in [0, 0.1) is 0 Å². The molecule has 0 aliphatic heterocycles. The number of anilines is 1. The summed E-state index contributed by atoms with van der Waals surface area (Å²) < 4.78 is 26.6. The molecule has 0 heterocycles. The van der Waals surface area contributed by atoms with Gasteiger partial charge in [0.05, 0.1) is 11.9 Å². The minimum Gasteiger partial charge on any atom is -0.352 e. The molecule has 1 N–H and O–H groups in total. The second-order valence-corrected chi connectivity index (χ2v) is 12.3. The maximum Gasteiger partial charge on any atom is 0.244 e. The van der Waals surface area contributed by atoms with Gasteiger partial charge in [0.2, 0.25) is 21.8 Å². The normalized spacial score (nSPS) is 15.3. The zero-order chi connectivity index (χ0) is 27.0. The molecule has 2 aromatic carbocycles. The Bertz CT molecular complexity index is 1130. The highest BCUT2D eigenvalue weighted by Gasteiger charge is 2.31. The van der Waals surface area contributed by atoms with Crippen molar-refractivity contribution in [3.8, 4) is 0 Å². The van der Waals surface area contributed by atoms with Crippen LogP contribution in [0.3, 0.4) is 0 Å². The summed E-state index contributed by atoms with van der Waals surface area (Å²) in [5.41, 5.74) is 2.56. The van der Waals surface area contributed by atoms with E-state index in [1.165, 1.54) is 11.3 Å². The average Bonchev–Trinajstić information content (AvgIpc) is 2.88. The van der Waals surface area contributed by atoms with Gasteiger partial charge in [0, 0.05) is 12.6 Å². The fourth-order valence-electron chi connectivity index (χ4n) is 4.78. The third-order valence-corrected chi connectivity index (χ3v) is 8.27. The molecule has 7 nitrogen and oxygen atoms in total. The Morgan fingerprint density at radius 3 is 2.14 bits per heavy atom. The molecule has 8 heteroatoms. The van der Waals surface area contributed by atoms with E-state index in [0.29, 0.717) is 24.6 Å². The van der Waals surface area contributed by atoms with Crippen LogP contribution < -0.4 is 9.62 Å². The van der Waals surface area contributed by atoms with Crippen molar-refractivity contribution in [3.05, 3.63) is 65.7 Å². The number of carbonyl (C=O) groups excluding carboxylic acids is 2. The highest BCUT2D eigenvalue weighted by atomic mass is 32.2. The monoisotopic (exact) mass is 527 g/mol. The summed E-state index contributed by atoms with van der Waals surface area (Å²) in [6.45, 7) is 5.80. The molecule has 0 unspecified atom stereocenters. The lowest BCUT2D eigenvalue weighted by molar-refractivity contribution is -0.139. The summed E-state index contributed by atoms with van der Waals surface area (Å²) in [5.74, 6) is -0.291. The third kappa shape index (κ3) is 8.32. The number of carbonyl (C=O) groups is 2. The van der Waals surface area contributed by atoms with Gasteiger partial charge in [-0.2, -0.15) is 0 Å². The van der Waals surface area contributed by atoms with Crippen LogP contribution in [0.15, 0.2) is 54.6 Å². The van der Waals surface area contributed by atoms with Gasteiger partial charge in [-0.3, -0.25) is 13.9 Å². The highest BCUT2D eigenvalue weighted by molar-refractivity contribution is 7.92. The van der Waals surface area contributed by atoms with E-state index >= 15 is 0 Å². The highest BCUT2D eigenvalue weighted by Crippen LogP contribution is 2.23. The van der Waals surface area contributed by atoms with Crippen molar-refractivity contribution in [2.75, 3.05) is 23.7 Å². The molecule has 37 heavy (non-hydrogen) atoms. The Morgan fingerprint density at radius 2 is 1.57 bits per heavy atom. The SMILES string of the molecule is CC(C)c1ccc(N(CC(=O)N(CCc2ccccc2)[C@@H](C)C(=O)NC2CCCCC2)S(C)(=O)=O)cc1. The molecule has 0 saturated heterocycles. The van der Waals surface area contributed by atoms with Crippen LogP contribution >= 0.6 is 0 Å². The maximum atomic E-state index is 13.6. The minimum absolute atomic E-state index is 0.127. The van der Waals surface area contributed by atoms with E-state index in [2.05, 4.69) is 19.2 Å². The molecular formula is C29H41N3O4S. The predicted molar refractivity (Wildman–Crippen MR) is 149 cm³/mol. The Balaban J connectivity index is 1.81. The molecule has 1 atom stereocenters. The molecule has 1 aliphatic rings. The first-order chi connectivity index (χ1) is 17.6. The first kappa shape index (κ1) is 28.7. The van der Waals surface area contributed by atoms with Gasteiger partial charge in [0.25, 0.3) is 0 Å². The third-order valence-electron chi connectivity index (χ3n) is 7.13. The Kier molecular flexibility index (Phi) is 10.1. The lowest BCUT2D eigenvalue weighted by atomic mass is 9.95. The molecule has 3 rings (SSSR count). The summed E-state index contributed by atoms with van der Waals surface area (Å²) in [4.78, 5) is 28.4. The van der Waals surface area contributed by atoms with Crippen LogP contribution in [0.2, 0.25) is 0 Å². The number of rotatable bonds is 11. The predicted octanol–water partition coefficient (Wildman–Crippen LogP) is 4.48. The van der Waals surface area contributed by atoms with E-state index in [1.54, 1.807) is 19.1 Å². The molecule has 2 amide bonds. The van der Waals surface area contributed by atoms with Crippen molar-refractivity contribution in [1.82, 2.24) is 10.2 Å². The largest absolute Gasteiger partial charge is 0.352 e. The van der Waals surface area contributed by atoms with Gasteiger partial charge in [-0.15, -0.1) is 0 Å². The van der Waals surface area contributed by atoms with Crippen LogP contribution in [0.25, 0.3) is 0 Å². The number of hydrogen-bond acceptors (Lipinski definition) is 4. The smallest absolute Gasteiger partial charge is 0.244 e. The Hall–Kier alpha value is -2.87. The molecule has 2 aromatic rings. The fourth-order valence-corrected chi connectivity index (χ4v) is 5.63. The van der Waals surface area contributed by atoms with Crippen LogP contribution in [-0.4, -0.2) is 56.6 Å². The van der Waals surface area contributed by atoms with Crippen molar-refractivity contribution in [2.24, 2.45) is 0 Å². The Labute approximate surface area is 222 Å². The number of benzene rings is 2. The van der Waals surface area contributed by atoms with Gasteiger partial charge in [-0.05, 0) is 55.4 Å². The lowest BCUT2D eigenvalue weighted by Gasteiger charge is -2.33. The van der Waals surface area contributed by atoms with Crippen LogP contribution in [0.4, 0.5) is 5.69 Å². The summed E-state index contributed by atoms with van der Waals surface area (Å²) in [7, 11) is -3.73. The topological polar surface area (TPSA) is 86.8 Å². The van der Waals surface area contributed by atoms with Crippen LogP contribution in [-0.2, 0) is 26.0 Å². The first-order valence-corrected chi connectivity index (χ1v) is 15.1. The second-order valence-electron chi connectivity index (χ2n) is 10.4. The van der Waals surface area contributed by atoms with Crippen LogP contribution in [0.5, 0.6) is 0 Å².